The van der Waals surface area contributed by atoms with Gasteiger partial charge in [-0.1, -0.05) is 31.7 Å². The number of carbonyl (C=O) groups is 1. The summed E-state index contributed by atoms with van der Waals surface area (Å²) in [5, 5.41) is 21.4. The predicted octanol–water partition coefficient (Wildman–Crippen LogP) is 3.18. The number of nitrogens with one attached hydrogen (secondary N) is 2. The number of H-pyrrole nitrogens is 1. The summed E-state index contributed by atoms with van der Waals surface area (Å²) in [6.45, 7) is 5.52. The third kappa shape index (κ3) is 4.94. The van der Waals surface area contributed by atoms with E-state index in [2.05, 4.69) is 26.6 Å². The first kappa shape index (κ1) is 18.2. The Morgan fingerprint density at radius 3 is 3.00 bits per heavy atom. The number of amides is 1. The SMILES string of the molecule is CC(C)C(C)(C#N)NC(=O)CSc1n[nH]c(/C=C/c2cccs2)n1. The predicted molar refractivity (Wildman–Crippen MR) is 97.4 cm³/mol. The molecule has 0 saturated carbocycles. The molecular weight excluding hydrogens is 342 g/mol. The van der Waals surface area contributed by atoms with Crippen molar-refractivity contribution in [1.82, 2.24) is 20.5 Å². The van der Waals surface area contributed by atoms with Gasteiger partial charge < -0.3 is 5.32 Å². The molecule has 0 bridgehead atoms. The van der Waals surface area contributed by atoms with Crippen molar-refractivity contribution in [2.24, 2.45) is 5.92 Å². The standard InChI is InChI=1S/C16H19N5OS2/c1-11(2)16(3,10-17)19-14(22)9-24-15-18-13(20-21-15)7-6-12-5-4-8-23-12/h4-8,11H,9H2,1-3H3,(H,19,22)(H,18,20,21)/b7-6+. The fourth-order valence-corrected chi connectivity index (χ4v) is 2.93. The molecule has 6 nitrogen and oxygen atoms in total. The van der Waals surface area contributed by atoms with E-state index in [0.29, 0.717) is 11.0 Å². The van der Waals surface area contributed by atoms with Gasteiger partial charge in [0.2, 0.25) is 11.1 Å². The van der Waals surface area contributed by atoms with Crippen molar-refractivity contribution in [3.63, 3.8) is 0 Å². The highest BCUT2D eigenvalue weighted by Crippen LogP contribution is 2.18. The molecule has 1 unspecified atom stereocenters. The van der Waals surface area contributed by atoms with Crippen molar-refractivity contribution in [3.8, 4) is 6.07 Å². The number of aromatic amines is 1. The summed E-state index contributed by atoms with van der Waals surface area (Å²) >= 11 is 2.87. The highest BCUT2D eigenvalue weighted by molar-refractivity contribution is 7.99. The van der Waals surface area contributed by atoms with E-state index < -0.39 is 5.54 Å². The second-order valence-corrected chi connectivity index (χ2v) is 7.58. The summed E-state index contributed by atoms with van der Waals surface area (Å²) in [6.07, 6.45) is 3.79. The van der Waals surface area contributed by atoms with Crippen molar-refractivity contribution < 1.29 is 4.79 Å². The highest BCUT2D eigenvalue weighted by atomic mass is 32.2. The summed E-state index contributed by atoms with van der Waals surface area (Å²) in [5.74, 6) is 0.609. The van der Waals surface area contributed by atoms with Crippen LogP contribution in [0.3, 0.4) is 0 Å². The molecule has 2 N–H and O–H groups in total. The van der Waals surface area contributed by atoms with E-state index >= 15 is 0 Å². The molecule has 126 valence electrons. The minimum Gasteiger partial charge on any atom is -0.337 e. The second-order valence-electron chi connectivity index (χ2n) is 5.66. The van der Waals surface area contributed by atoms with Crippen LogP contribution in [-0.2, 0) is 4.79 Å². The second kappa shape index (κ2) is 8.13. The van der Waals surface area contributed by atoms with Crippen molar-refractivity contribution in [3.05, 3.63) is 28.2 Å². The van der Waals surface area contributed by atoms with Gasteiger partial charge in [0, 0.05) is 4.88 Å². The maximum Gasteiger partial charge on any atom is 0.231 e. The van der Waals surface area contributed by atoms with Gasteiger partial charge in [-0.3, -0.25) is 9.89 Å². The van der Waals surface area contributed by atoms with Crippen LogP contribution >= 0.6 is 23.1 Å². The number of nitrogens with zero attached hydrogens (tertiary/aromatic N) is 3. The van der Waals surface area contributed by atoms with Crippen molar-refractivity contribution >= 4 is 41.2 Å². The van der Waals surface area contributed by atoms with Gasteiger partial charge in [-0.25, -0.2) is 4.98 Å². The fraction of sp³-hybridized carbons (Fsp3) is 0.375. The number of aromatic nitrogens is 3. The smallest absolute Gasteiger partial charge is 0.231 e. The van der Waals surface area contributed by atoms with Gasteiger partial charge in [0.25, 0.3) is 0 Å². The zero-order valence-electron chi connectivity index (χ0n) is 13.7. The summed E-state index contributed by atoms with van der Waals surface area (Å²) in [6, 6.07) is 6.15. The molecule has 0 radical (unpaired) electrons. The Kier molecular flexibility index (Phi) is 6.17. The molecule has 2 heterocycles. The summed E-state index contributed by atoms with van der Waals surface area (Å²) in [4.78, 5) is 17.5. The number of carbonyl (C=O) groups excluding carboxylic acids is 1. The van der Waals surface area contributed by atoms with Gasteiger partial charge in [0.05, 0.1) is 11.8 Å². The number of rotatable bonds is 7. The van der Waals surface area contributed by atoms with Crippen LogP contribution in [-0.4, -0.2) is 32.4 Å². The maximum atomic E-state index is 12.0. The molecule has 1 amide bonds. The number of hydrogen-bond donors (Lipinski definition) is 2. The highest BCUT2D eigenvalue weighted by Gasteiger charge is 2.29. The monoisotopic (exact) mass is 361 g/mol. The normalized spacial score (nSPS) is 13.8. The molecule has 0 aromatic carbocycles. The largest absolute Gasteiger partial charge is 0.337 e. The quantitative estimate of drug-likeness (QED) is 0.739. The number of thiophene rings is 1. The lowest BCUT2D eigenvalue weighted by atomic mass is 9.90. The lowest BCUT2D eigenvalue weighted by Gasteiger charge is -2.27. The lowest BCUT2D eigenvalue weighted by molar-refractivity contribution is -0.120. The Bertz CT molecular complexity index is 745. The lowest BCUT2D eigenvalue weighted by Crippen LogP contribution is -2.49. The third-order valence-corrected chi connectivity index (χ3v) is 5.23. The van der Waals surface area contributed by atoms with Crippen LogP contribution < -0.4 is 5.32 Å². The molecule has 0 aliphatic rings. The molecule has 2 aromatic heterocycles. The van der Waals surface area contributed by atoms with Crippen molar-refractivity contribution in [2.75, 3.05) is 5.75 Å². The van der Waals surface area contributed by atoms with E-state index in [4.69, 9.17) is 0 Å². The molecule has 0 saturated heterocycles. The molecule has 0 fully saturated rings. The Morgan fingerprint density at radius 2 is 2.38 bits per heavy atom. The number of hydrogen-bond acceptors (Lipinski definition) is 6. The Hall–Kier alpha value is -2.11. The van der Waals surface area contributed by atoms with Crippen LogP contribution in [0.1, 0.15) is 31.5 Å². The van der Waals surface area contributed by atoms with E-state index in [1.165, 1.54) is 11.8 Å². The van der Waals surface area contributed by atoms with Crippen molar-refractivity contribution in [2.45, 2.75) is 31.5 Å². The van der Waals surface area contributed by atoms with Gasteiger partial charge in [0.1, 0.15) is 11.4 Å². The van der Waals surface area contributed by atoms with Crippen LogP contribution in [0.5, 0.6) is 0 Å². The van der Waals surface area contributed by atoms with E-state index in [0.717, 1.165) is 4.88 Å². The van der Waals surface area contributed by atoms with E-state index in [1.807, 2.05) is 43.5 Å². The minimum absolute atomic E-state index is 0.0222. The first-order chi connectivity index (χ1) is 11.4. The number of thioether (sulfide) groups is 1. The average molecular weight is 361 g/mol. The van der Waals surface area contributed by atoms with Gasteiger partial charge in [-0.15, -0.1) is 16.4 Å². The summed E-state index contributed by atoms with van der Waals surface area (Å²) < 4.78 is 0. The molecular formula is C16H19N5OS2. The first-order valence-corrected chi connectivity index (χ1v) is 9.28. The molecule has 0 aliphatic heterocycles. The molecule has 0 spiro atoms. The van der Waals surface area contributed by atoms with Crippen LogP contribution in [0.2, 0.25) is 0 Å². The molecule has 8 heteroatoms. The minimum atomic E-state index is -0.870. The molecule has 24 heavy (non-hydrogen) atoms. The molecule has 2 rings (SSSR count). The summed E-state index contributed by atoms with van der Waals surface area (Å²) in [7, 11) is 0. The summed E-state index contributed by atoms with van der Waals surface area (Å²) in [5.41, 5.74) is -0.870. The Balaban J connectivity index is 1.87. The van der Waals surface area contributed by atoms with Crippen LogP contribution in [0.4, 0.5) is 0 Å². The van der Waals surface area contributed by atoms with Gasteiger partial charge in [-0.2, -0.15) is 5.26 Å². The maximum absolute atomic E-state index is 12.0. The van der Waals surface area contributed by atoms with Crippen LogP contribution in [0, 0.1) is 17.2 Å². The molecule has 0 aliphatic carbocycles. The third-order valence-electron chi connectivity index (χ3n) is 3.55. The fourth-order valence-electron chi connectivity index (χ4n) is 1.70. The Labute approximate surface area is 149 Å². The molecule has 2 aromatic rings. The van der Waals surface area contributed by atoms with Gasteiger partial charge in [-0.05, 0) is 36.4 Å². The van der Waals surface area contributed by atoms with E-state index in [9.17, 15) is 10.1 Å². The van der Waals surface area contributed by atoms with Gasteiger partial charge in [0.15, 0.2) is 0 Å². The zero-order valence-corrected chi connectivity index (χ0v) is 15.4. The van der Waals surface area contributed by atoms with Crippen molar-refractivity contribution in [1.29, 1.82) is 5.26 Å². The number of nitriles is 1. The topological polar surface area (TPSA) is 94.5 Å². The average Bonchev–Trinajstić information content (AvgIpc) is 3.22. The van der Waals surface area contributed by atoms with E-state index in [1.54, 1.807) is 18.3 Å². The zero-order chi connectivity index (χ0) is 17.6. The van der Waals surface area contributed by atoms with Crippen LogP contribution in [0.25, 0.3) is 12.2 Å². The van der Waals surface area contributed by atoms with Crippen LogP contribution in [0.15, 0.2) is 22.7 Å². The van der Waals surface area contributed by atoms with Gasteiger partial charge >= 0.3 is 0 Å². The first-order valence-electron chi connectivity index (χ1n) is 7.42. The van der Waals surface area contributed by atoms with E-state index in [-0.39, 0.29) is 17.6 Å². The Morgan fingerprint density at radius 1 is 1.58 bits per heavy atom. The molecule has 1 atom stereocenters.